The third-order valence-electron chi connectivity index (χ3n) is 3.67. The van der Waals surface area contributed by atoms with E-state index in [0.29, 0.717) is 22.4 Å². The molecule has 118 valence electrons. The van der Waals surface area contributed by atoms with Gasteiger partial charge in [-0.2, -0.15) is 0 Å². The van der Waals surface area contributed by atoms with Crippen LogP contribution < -0.4 is 20.7 Å². The molecule has 1 aromatic heterocycles. The first kappa shape index (κ1) is 14.9. The summed E-state index contributed by atoms with van der Waals surface area (Å²) >= 11 is 0. The Kier molecular flexibility index (Phi) is 3.89. The molecule has 0 saturated carbocycles. The predicted molar refractivity (Wildman–Crippen MR) is 87.5 cm³/mol. The Labute approximate surface area is 131 Å². The topological polar surface area (TPSA) is 73.3 Å². The van der Waals surface area contributed by atoms with E-state index < -0.39 is 5.69 Å². The zero-order valence-electron chi connectivity index (χ0n) is 12.8. The lowest BCUT2D eigenvalue weighted by Gasteiger charge is -2.10. The fourth-order valence-corrected chi connectivity index (χ4v) is 2.49. The van der Waals surface area contributed by atoms with Crippen molar-refractivity contribution in [3.8, 4) is 11.5 Å². The largest absolute Gasteiger partial charge is 0.493 e. The van der Waals surface area contributed by atoms with E-state index >= 15 is 0 Å². The van der Waals surface area contributed by atoms with Crippen molar-refractivity contribution >= 4 is 10.9 Å². The summed E-state index contributed by atoms with van der Waals surface area (Å²) in [5, 5.41) is 0.373. The summed E-state index contributed by atoms with van der Waals surface area (Å²) in [5.41, 5.74) is 0.467. The molecular weight excluding hydrogens is 296 g/mol. The Balaban J connectivity index is 2.21. The van der Waals surface area contributed by atoms with Gasteiger partial charge in [0.15, 0.2) is 11.5 Å². The molecule has 1 N–H and O–H groups in total. The van der Waals surface area contributed by atoms with Crippen LogP contribution >= 0.6 is 0 Å². The van der Waals surface area contributed by atoms with Crippen molar-refractivity contribution in [2.75, 3.05) is 14.2 Å². The van der Waals surface area contributed by atoms with Crippen LogP contribution in [0.15, 0.2) is 52.1 Å². The number of aromatic nitrogens is 2. The Morgan fingerprint density at radius 1 is 1.00 bits per heavy atom. The molecule has 0 aliphatic carbocycles. The van der Waals surface area contributed by atoms with E-state index in [1.54, 1.807) is 12.1 Å². The second-order valence-electron chi connectivity index (χ2n) is 5.06. The Morgan fingerprint density at radius 2 is 1.65 bits per heavy atom. The number of fused-ring (bicyclic) bond motifs is 1. The number of nitrogens with zero attached hydrogens (tertiary/aromatic N) is 1. The summed E-state index contributed by atoms with van der Waals surface area (Å²) in [6.07, 6.45) is 0. The number of benzene rings is 2. The highest BCUT2D eigenvalue weighted by atomic mass is 16.5. The fourth-order valence-electron chi connectivity index (χ4n) is 2.49. The minimum Gasteiger partial charge on any atom is -0.493 e. The van der Waals surface area contributed by atoms with Crippen LogP contribution in [0.1, 0.15) is 5.56 Å². The van der Waals surface area contributed by atoms with Gasteiger partial charge < -0.3 is 14.5 Å². The summed E-state index contributed by atoms with van der Waals surface area (Å²) in [4.78, 5) is 27.6. The van der Waals surface area contributed by atoms with Crippen LogP contribution in [0.25, 0.3) is 10.9 Å². The van der Waals surface area contributed by atoms with Crippen LogP contribution in [0.3, 0.4) is 0 Å². The molecule has 0 spiro atoms. The molecule has 6 nitrogen and oxygen atoms in total. The van der Waals surface area contributed by atoms with Gasteiger partial charge in [0.25, 0.3) is 5.56 Å². The van der Waals surface area contributed by atoms with Crippen LogP contribution in [0.2, 0.25) is 0 Å². The number of hydrogen-bond donors (Lipinski definition) is 1. The Morgan fingerprint density at radius 3 is 2.30 bits per heavy atom. The smallest absolute Gasteiger partial charge is 0.329 e. The quantitative estimate of drug-likeness (QED) is 0.796. The lowest BCUT2D eigenvalue weighted by Crippen LogP contribution is -2.35. The van der Waals surface area contributed by atoms with Gasteiger partial charge in [-0.15, -0.1) is 0 Å². The molecule has 0 atom stereocenters. The van der Waals surface area contributed by atoms with Gasteiger partial charge in [-0.25, -0.2) is 4.79 Å². The molecule has 6 heteroatoms. The molecule has 2 aromatic carbocycles. The zero-order valence-corrected chi connectivity index (χ0v) is 12.8. The van der Waals surface area contributed by atoms with Crippen molar-refractivity contribution < 1.29 is 9.47 Å². The third kappa shape index (κ3) is 2.70. The van der Waals surface area contributed by atoms with Gasteiger partial charge in [0.1, 0.15) is 0 Å². The highest BCUT2D eigenvalue weighted by molar-refractivity contribution is 5.81. The fraction of sp³-hybridized carbons (Fsp3) is 0.176. The highest BCUT2D eigenvalue weighted by Gasteiger charge is 2.12. The van der Waals surface area contributed by atoms with Crippen molar-refractivity contribution in [2.24, 2.45) is 0 Å². The molecule has 0 radical (unpaired) electrons. The van der Waals surface area contributed by atoms with E-state index in [9.17, 15) is 9.59 Å². The monoisotopic (exact) mass is 312 g/mol. The van der Waals surface area contributed by atoms with E-state index in [0.717, 1.165) is 5.56 Å². The molecule has 0 unspecified atom stereocenters. The summed E-state index contributed by atoms with van der Waals surface area (Å²) in [6, 6.07) is 12.5. The number of H-pyrrole nitrogens is 1. The van der Waals surface area contributed by atoms with Gasteiger partial charge in [0, 0.05) is 6.07 Å². The first-order chi connectivity index (χ1) is 11.1. The predicted octanol–water partition coefficient (Wildman–Crippen LogP) is 1.76. The van der Waals surface area contributed by atoms with Crippen LogP contribution in [0.4, 0.5) is 0 Å². The second-order valence-corrected chi connectivity index (χ2v) is 5.06. The van der Waals surface area contributed by atoms with Gasteiger partial charge >= 0.3 is 5.69 Å². The Hall–Kier alpha value is -3.02. The van der Waals surface area contributed by atoms with Crippen LogP contribution in [0.5, 0.6) is 11.5 Å². The minimum absolute atomic E-state index is 0.208. The molecule has 0 saturated heterocycles. The lowest BCUT2D eigenvalue weighted by atomic mass is 10.2. The molecular formula is C17H16N2O4. The zero-order chi connectivity index (χ0) is 16.4. The van der Waals surface area contributed by atoms with Crippen molar-refractivity contribution in [1.29, 1.82) is 0 Å². The average Bonchev–Trinajstić information content (AvgIpc) is 2.58. The normalized spacial score (nSPS) is 10.7. The SMILES string of the molecule is COc1cc2[nH]c(=O)n(Cc3ccccc3)c(=O)c2cc1OC. The van der Waals surface area contributed by atoms with Crippen LogP contribution in [-0.2, 0) is 6.54 Å². The number of methoxy groups -OCH3 is 2. The van der Waals surface area contributed by atoms with Crippen LogP contribution in [0, 0.1) is 0 Å². The number of aromatic amines is 1. The maximum atomic E-state index is 12.7. The molecule has 0 aliphatic heterocycles. The van der Waals surface area contributed by atoms with E-state index in [2.05, 4.69) is 4.98 Å². The van der Waals surface area contributed by atoms with E-state index in [1.165, 1.54) is 18.8 Å². The van der Waals surface area contributed by atoms with E-state index in [4.69, 9.17) is 9.47 Å². The summed E-state index contributed by atoms with van der Waals surface area (Å²) in [5.74, 6) is 0.895. The number of nitrogens with one attached hydrogen (secondary N) is 1. The maximum Gasteiger partial charge on any atom is 0.329 e. The molecule has 3 rings (SSSR count). The standard InChI is InChI=1S/C17H16N2O4/c1-22-14-8-12-13(9-15(14)23-2)18-17(21)19(16(12)20)10-11-6-4-3-5-7-11/h3-9H,10H2,1-2H3,(H,18,21). The summed E-state index contributed by atoms with van der Waals surface area (Å²) in [7, 11) is 3.00. The maximum absolute atomic E-state index is 12.7. The molecule has 23 heavy (non-hydrogen) atoms. The molecule has 0 bridgehead atoms. The molecule has 0 amide bonds. The second kappa shape index (κ2) is 6.00. The number of ether oxygens (including phenoxy) is 2. The van der Waals surface area contributed by atoms with Crippen LogP contribution in [-0.4, -0.2) is 23.8 Å². The number of hydrogen-bond acceptors (Lipinski definition) is 4. The van der Waals surface area contributed by atoms with Gasteiger partial charge in [-0.05, 0) is 11.6 Å². The van der Waals surface area contributed by atoms with E-state index in [1.807, 2.05) is 30.3 Å². The highest BCUT2D eigenvalue weighted by Crippen LogP contribution is 2.29. The average molecular weight is 312 g/mol. The van der Waals surface area contributed by atoms with Crippen molar-refractivity contribution in [3.63, 3.8) is 0 Å². The molecule has 0 aliphatic rings. The third-order valence-corrected chi connectivity index (χ3v) is 3.67. The first-order valence-electron chi connectivity index (χ1n) is 7.07. The van der Waals surface area contributed by atoms with Crippen molar-refractivity contribution in [1.82, 2.24) is 9.55 Å². The lowest BCUT2D eigenvalue weighted by molar-refractivity contribution is 0.355. The van der Waals surface area contributed by atoms with Gasteiger partial charge in [-0.1, -0.05) is 30.3 Å². The molecule has 3 aromatic rings. The van der Waals surface area contributed by atoms with E-state index in [-0.39, 0.29) is 12.1 Å². The minimum atomic E-state index is -0.460. The first-order valence-corrected chi connectivity index (χ1v) is 7.07. The number of rotatable bonds is 4. The van der Waals surface area contributed by atoms with Gasteiger partial charge in [-0.3, -0.25) is 9.36 Å². The molecule has 1 heterocycles. The van der Waals surface area contributed by atoms with Crippen molar-refractivity contribution in [2.45, 2.75) is 6.54 Å². The van der Waals surface area contributed by atoms with Gasteiger partial charge in [0.05, 0.1) is 31.7 Å². The summed E-state index contributed by atoms with van der Waals surface area (Å²) < 4.78 is 11.6. The van der Waals surface area contributed by atoms with Crippen molar-refractivity contribution in [3.05, 3.63) is 68.9 Å². The Bertz CT molecular complexity index is 958. The summed E-state index contributed by atoms with van der Waals surface area (Å²) in [6.45, 7) is 0.208. The van der Waals surface area contributed by atoms with Gasteiger partial charge in [0.2, 0.25) is 0 Å². The molecule has 0 fully saturated rings.